The summed E-state index contributed by atoms with van der Waals surface area (Å²) in [7, 11) is 0. The molecule has 0 saturated carbocycles. The Morgan fingerprint density at radius 1 is 0.737 bits per heavy atom. The normalized spacial score (nSPS) is 19.7. The molecule has 38 heavy (non-hydrogen) atoms. The van der Waals surface area contributed by atoms with E-state index in [4.69, 9.17) is 19.6 Å². The number of anilines is 3. The molecular formula is C24H34ClFI2N6O4. The summed E-state index contributed by atoms with van der Waals surface area (Å²) in [6.07, 6.45) is -0.244. The van der Waals surface area contributed by atoms with Crippen LogP contribution in [0, 0.1) is 13.1 Å². The largest absolute Gasteiger partial charge is 0.390 e. The van der Waals surface area contributed by atoms with E-state index < -0.39 is 5.95 Å². The van der Waals surface area contributed by atoms with Crippen LogP contribution in [0.2, 0.25) is 0 Å². The van der Waals surface area contributed by atoms with Crippen LogP contribution in [-0.2, 0) is 9.47 Å². The Labute approximate surface area is 256 Å². The predicted molar refractivity (Wildman–Crippen MR) is 164 cm³/mol. The van der Waals surface area contributed by atoms with Crippen molar-refractivity contribution in [2.45, 2.75) is 12.2 Å². The second kappa shape index (κ2) is 15.8. The summed E-state index contributed by atoms with van der Waals surface area (Å²) in [4.78, 5) is 15.0. The molecule has 0 aliphatic carbocycles. The number of rotatable bonds is 3. The van der Waals surface area contributed by atoms with Crippen LogP contribution in [0.25, 0.3) is 0 Å². The zero-order valence-corrected chi connectivity index (χ0v) is 26.1. The molecular weight excluding hydrogens is 745 g/mol. The quantitative estimate of drug-likeness (QED) is 0.316. The highest BCUT2D eigenvalue weighted by atomic mass is 127. The van der Waals surface area contributed by atoms with Crippen LogP contribution in [0.15, 0.2) is 24.3 Å². The first-order valence-corrected chi connectivity index (χ1v) is 14.5. The Bertz CT molecular complexity index is 990. The Morgan fingerprint density at radius 3 is 1.55 bits per heavy atom. The SMILES string of the molecule is Cl.Fc1cc(I)cc(N2CCOCC2)n1.OC1CN(c2cc(I)cc(N3CCOCC3)n2)C1.OC1CNC1. The van der Waals surface area contributed by atoms with Gasteiger partial charge in [0.25, 0.3) is 0 Å². The van der Waals surface area contributed by atoms with Crippen LogP contribution in [0.1, 0.15) is 0 Å². The van der Waals surface area contributed by atoms with Gasteiger partial charge in [0, 0.05) is 65.6 Å². The second-order valence-electron chi connectivity index (χ2n) is 9.04. The van der Waals surface area contributed by atoms with Crippen molar-refractivity contribution in [1.82, 2.24) is 15.3 Å². The van der Waals surface area contributed by atoms with E-state index in [1.54, 1.807) is 0 Å². The number of nitrogens with zero attached hydrogens (tertiary/aromatic N) is 5. The molecule has 6 rings (SSSR count). The smallest absolute Gasteiger partial charge is 0.215 e. The first-order chi connectivity index (χ1) is 17.9. The van der Waals surface area contributed by atoms with Crippen LogP contribution in [0.5, 0.6) is 0 Å². The number of morpholine rings is 2. The first-order valence-electron chi connectivity index (χ1n) is 12.4. The van der Waals surface area contributed by atoms with Gasteiger partial charge in [-0.3, -0.25) is 0 Å². The minimum absolute atomic E-state index is 0. The van der Waals surface area contributed by atoms with E-state index >= 15 is 0 Å². The lowest BCUT2D eigenvalue weighted by Crippen LogP contribution is -2.51. The van der Waals surface area contributed by atoms with Crippen molar-refractivity contribution in [2.24, 2.45) is 0 Å². The van der Waals surface area contributed by atoms with Gasteiger partial charge in [-0.2, -0.15) is 4.39 Å². The molecule has 0 bridgehead atoms. The van der Waals surface area contributed by atoms with Crippen molar-refractivity contribution < 1.29 is 24.1 Å². The molecule has 4 fully saturated rings. The molecule has 4 aliphatic heterocycles. The third-order valence-electron chi connectivity index (χ3n) is 6.12. The zero-order valence-electron chi connectivity index (χ0n) is 20.9. The molecule has 2 aromatic rings. The average molecular weight is 779 g/mol. The fourth-order valence-corrected chi connectivity index (χ4v) is 5.00. The number of nitrogens with one attached hydrogen (secondary N) is 1. The van der Waals surface area contributed by atoms with Crippen molar-refractivity contribution in [2.75, 3.05) is 93.5 Å². The second-order valence-corrected chi connectivity index (χ2v) is 11.5. The number of pyridine rings is 2. The fourth-order valence-electron chi connectivity index (χ4n) is 3.91. The van der Waals surface area contributed by atoms with Crippen molar-refractivity contribution >= 4 is 75.0 Å². The molecule has 0 aromatic carbocycles. The van der Waals surface area contributed by atoms with Crippen LogP contribution in [0.4, 0.5) is 21.8 Å². The average Bonchev–Trinajstić information content (AvgIpc) is 2.86. The summed E-state index contributed by atoms with van der Waals surface area (Å²) in [6.45, 7) is 9.24. The Morgan fingerprint density at radius 2 is 1.16 bits per heavy atom. The maximum absolute atomic E-state index is 13.0. The van der Waals surface area contributed by atoms with Crippen molar-refractivity contribution in [1.29, 1.82) is 0 Å². The molecule has 2 aromatic heterocycles. The van der Waals surface area contributed by atoms with Gasteiger partial charge in [0.05, 0.1) is 38.6 Å². The maximum atomic E-state index is 13.0. The first kappa shape index (κ1) is 31.7. The van der Waals surface area contributed by atoms with E-state index in [0.717, 1.165) is 67.7 Å². The highest BCUT2D eigenvalue weighted by molar-refractivity contribution is 14.1. The molecule has 4 saturated heterocycles. The van der Waals surface area contributed by atoms with E-state index in [1.807, 2.05) is 11.0 Å². The number of aliphatic hydroxyl groups excluding tert-OH is 2. The summed E-state index contributed by atoms with van der Waals surface area (Å²) in [6, 6.07) is 7.47. The molecule has 212 valence electrons. The standard InChI is InChI=1S/C12H16IN3O2.C9H10FIN2O.C3H7NO.ClH/c13-9-5-11(15-1-3-18-4-2-15)14-12(6-9)16-7-10(17)8-16;10-8-5-7(11)6-9(12-8)13-1-3-14-4-2-13;5-3-1-4-2-3;/h5-6,10,17H,1-4,7-8H2;5-6H,1-4H2;3-5H,1-2H2;1H. The predicted octanol–water partition coefficient (Wildman–Crippen LogP) is 1.74. The van der Waals surface area contributed by atoms with E-state index in [0.29, 0.717) is 32.1 Å². The summed E-state index contributed by atoms with van der Waals surface area (Å²) in [5.74, 6) is 2.27. The lowest BCUT2D eigenvalue weighted by molar-refractivity contribution is 0.117. The van der Waals surface area contributed by atoms with E-state index in [2.05, 4.69) is 77.4 Å². The van der Waals surface area contributed by atoms with Crippen molar-refractivity contribution in [3.8, 4) is 0 Å². The number of hydrogen-bond acceptors (Lipinski definition) is 10. The third-order valence-corrected chi connectivity index (χ3v) is 7.37. The molecule has 4 aliphatic rings. The highest BCUT2D eigenvalue weighted by Gasteiger charge is 2.26. The van der Waals surface area contributed by atoms with Gasteiger partial charge >= 0.3 is 0 Å². The van der Waals surface area contributed by atoms with E-state index in [-0.39, 0.29) is 24.6 Å². The fraction of sp³-hybridized carbons (Fsp3) is 0.583. The van der Waals surface area contributed by atoms with Gasteiger partial charge in [0.15, 0.2) is 0 Å². The molecule has 3 N–H and O–H groups in total. The summed E-state index contributed by atoms with van der Waals surface area (Å²) >= 11 is 4.41. The van der Waals surface area contributed by atoms with Crippen LogP contribution >= 0.6 is 57.6 Å². The van der Waals surface area contributed by atoms with Crippen molar-refractivity contribution in [3.63, 3.8) is 0 Å². The third kappa shape index (κ3) is 9.67. The summed E-state index contributed by atoms with van der Waals surface area (Å²) in [5.41, 5.74) is 0. The topological polar surface area (TPSA) is 106 Å². The highest BCUT2D eigenvalue weighted by Crippen LogP contribution is 2.25. The Hall–Kier alpha value is -0.820. The monoisotopic (exact) mass is 778 g/mol. The molecule has 10 nitrogen and oxygen atoms in total. The molecule has 6 heterocycles. The lowest BCUT2D eigenvalue weighted by Gasteiger charge is -2.37. The zero-order chi connectivity index (χ0) is 26.2. The van der Waals surface area contributed by atoms with Gasteiger partial charge in [0.1, 0.15) is 17.5 Å². The van der Waals surface area contributed by atoms with E-state index in [9.17, 15) is 9.50 Å². The van der Waals surface area contributed by atoms with Gasteiger partial charge in [-0.15, -0.1) is 12.4 Å². The summed E-state index contributed by atoms with van der Waals surface area (Å²) < 4.78 is 25.6. The van der Waals surface area contributed by atoms with Gasteiger partial charge in [-0.05, 0) is 63.4 Å². The van der Waals surface area contributed by atoms with E-state index in [1.165, 1.54) is 9.64 Å². The number of β-amino-alcohol motifs (C(OH)–C–C–N with tert-alkyl or cyclic N) is 2. The van der Waals surface area contributed by atoms with Crippen LogP contribution in [-0.4, -0.2) is 111 Å². The number of ether oxygens (including phenoxy) is 2. The van der Waals surface area contributed by atoms with Gasteiger partial charge in [0.2, 0.25) is 5.95 Å². The van der Waals surface area contributed by atoms with Crippen molar-refractivity contribution in [3.05, 3.63) is 37.4 Å². The van der Waals surface area contributed by atoms with Crippen LogP contribution in [0.3, 0.4) is 0 Å². The minimum Gasteiger partial charge on any atom is -0.390 e. The Kier molecular flexibility index (Phi) is 13.2. The maximum Gasteiger partial charge on any atom is 0.215 e. The number of hydrogen-bond donors (Lipinski definition) is 3. The molecule has 0 unspecified atom stereocenters. The number of aromatic nitrogens is 2. The minimum atomic E-state index is -0.418. The summed E-state index contributed by atoms with van der Waals surface area (Å²) in [5, 5.41) is 20.7. The molecule has 0 amide bonds. The van der Waals surface area contributed by atoms with Gasteiger partial charge in [-0.1, -0.05) is 0 Å². The van der Waals surface area contributed by atoms with Crippen LogP contribution < -0.4 is 20.0 Å². The lowest BCUT2D eigenvalue weighted by atomic mass is 10.2. The molecule has 0 spiro atoms. The Balaban J connectivity index is 0.000000178. The van der Waals surface area contributed by atoms with Gasteiger partial charge < -0.3 is 39.7 Å². The number of halogens is 4. The molecule has 0 radical (unpaired) electrons. The number of aliphatic hydroxyl groups is 2. The molecule has 0 atom stereocenters. The van der Waals surface area contributed by atoms with Gasteiger partial charge in [-0.25, -0.2) is 9.97 Å². The molecule has 14 heteroatoms.